The van der Waals surface area contributed by atoms with E-state index >= 15 is 0 Å². The molecule has 156 valence electrons. The molecule has 0 aromatic heterocycles. The number of thioether (sulfide) groups is 2. The van der Waals surface area contributed by atoms with Crippen molar-refractivity contribution in [3.8, 4) is 0 Å². The fraction of sp³-hybridized carbons (Fsp3) is 0.208. The minimum absolute atomic E-state index is 0.0337. The van der Waals surface area contributed by atoms with Gasteiger partial charge in [-0.1, -0.05) is 71.7 Å². The van der Waals surface area contributed by atoms with Crippen LogP contribution in [0.2, 0.25) is 10.0 Å². The van der Waals surface area contributed by atoms with Gasteiger partial charge in [0.05, 0.1) is 10.0 Å². The topological polar surface area (TPSA) is 29.1 Å². The first-order valence-corrected chi connectivity index (χ1v) is 12.7. The van der Waals surface area contributed by atoms with E-state index in [0.29, 0.717) is 22.2 Å². The van der Waals surface area contributed by atoms with Crippen LogP contribution in [0.4, 0.5) is 0 Å². The van der Waals surface area contributed by atoms with Gasteiger partial charge in [0.25, 0.3) is 5.91 Å². The number of halogens is 2. The number of nitrogens with one attached hydrogen (secondary N) is 1. The second-order valence-electron chi connectivity index (χ2n) is 6.73. The van der Waals surface area contributed by atoms with Gasteiger partial charge in [-0.15, -0.1) is 0 Å². The molecule has 0 aliphatic rings. The van der Waals surface area contributed by atoms with Crippen molar-refractivity contribution in [2.45, 2.75) is 17.3 Å². The summed E-state index contributed by atoms with van der Waals surface area (Å²) in [5.41, 5.74) is 4.38. The van der Waals surface area contributed by atoms with Gasteiger partial charge in [-0.05, 0) is 41.0 Å². The van der Waals surface area contributed by atoms with E-state index in [-0.39, 0.29) is 5.91 Å². The number of carbonyl (C=O) groups is 1. The van der Waals surface area contributed by atoms with Crippen LogP contribution in [-0.4, -0.2) is 18.2 Å². The Balaban J connectivity index is 1.34. The molecule has 1 N–H and O–H groups in total. The first kappa shape index (κ1) is 23.1. The summed E-state index contributed by atoms with van der Waals surface area (Å²) in [5.74, 6) is 3.56. The van der Waals surface area contributed by atoms with Gasteiger partial charge >= 0.3 is 0 Å². The maximum Gasteiger partial charge on any atom is 0.251 e. The zero-order valence-electron chi connectivity index (χ0n) is 16.4. The Bertz CT molecular complexity index is 949. The van der Waals surface area contributed by atoms with Crippen LogP contribution >= 0.6 is 46.7 Å². The molecule has 0 radical (unpaired) electrons. The predicted molar refractivity (Wildman–Crippen MR) is 133 cm³/mol. The van der Waals surface area contributed by atoms with E-state index in [1.165, 1.54) is 11.1 Å². The summed E-state index contributed by atoms with van der Waals surface area (Å²) in [4.78, 5) is 12.3. The van der Waals surface area contributed by atoms with Crippen LogP contribution in [0, 0.1) is 0 Å². The van der Waals surface area contributed by atoms with Crippen molar-refractivity contribution in [3.63, 3.8) is 0 Å². The molecule has 3 aromatic carbocycles. The predicted octanol–water partition coefficient (Wildman–Crippen LogP) is 7.09. The molecule has 0 heterocycles. The largest absolute Gasteiger partial charge is 0.351 e. The Hall–Kier alpha value is -1.59. The summed E-state index contributed by atoms with van der Waals surface area (Å²) in [6, 6.07) is 24.0. The third-order valence-electron chi connectivity index (χ3n) is 4.38. The van der Waals surface area contributed by atoms with Crippen molar-refractivity contribution in [3.05, 3.63) is 105 Å². The van der Waals surface area contributed by atoms with E-state index in [2.05, 4.69) is 29.6 Å². The molecule has 1 amide bonds. The highest BCUT2D eigenvalue weighted by Crippen LogP contribution is 2.24. The molecular formula is C24H23Cl2NOS2. The summed E-state index contributed by atoms with van der Waals surface area (Å²) in [6.45, 7) is 0.625. The fourth-order valence-electron chi connectivity index (χ4n) is 2.77. The highest BCUT2D eigenvalue weighted by molar-refractivity contribution is 7.98. The van der Waals surface area contributed by atoms with E-state index in [1.54, 1.807) is 11.8 Å². The lowest BCUT2D eigenvalue weighted by atomic mass is 10.1. The SMILES string of the molecule is O=C(NCCSCc1ccc(Cl)c(Cl)c1)c1ccc(CSCc2ccccc2)cc1. The van der Waals surface area contributed by atoms with Gasteiger partial charge in [0, 0.05) is 35.1 Å². The van der Waals surface area contributed by atoms with Crippen molar-refractivity contribution in [2.75, 3.05) is 12.3 Å². The Morgan fingerprint density at radius 2 is 1.37 bits per heavy atom. The van der Waals surface area contributed by atoms with Gasteiger partial charge in [0.2, 0.25) is 0 Å². The van der Waals surface area contributed by atoms with Gasteiger partial charge < -0.3 is 5.32 Å². The molecule has 0 atom stereocenters. The molecule has 0 bridgehead atoms. The fourth-order valence-corrected chi connectivity index (χ4v) is 4.86. The van der Waals surface area contributed by atoms with E-state index < -0.39 is 0 Å². The van der Waals surface area contributed by atoms with E-state index in [9.17, 15) is 4.79 Å². The monoisotopic (exact) mass is 475 g/mol. The normalized spacial score (nSPS) is 10.7. The zero-order chi connectivity index (χ0) is 21.2. The van der Waals surface area contributed by atoms with Crippen molar-refractivity contribution in [1.82, 2.24) is 5.32 Å². The quantitative estimate of drug-likeness (QED) is 0.317. The molecule has 0 aliphatic heterocycles. The van der Waals surface area contributed by atoms with Crippen LogP contribution < -0.4 is 5.32 Å². The van der Waals surface area contributed by atoms with Gasteiger partial charge in [0.1, 0.15) is 0 Å². The molecule has 6 heteroatoms. The Kier molecular flexibility index (Phi) is 9.47. The third kappa shape index (κ3) is 7.59. The lowest BCUT2D eigenvalue weighted by Crippen LogP contribution is -2.25. The third-order valence-corrected chi connectivity index (χ3v) is 7.23. The summed E-state index contributed by atoms with van der Waals surface area (Å²) in [5, 5.41) is 4.12. The number of benzene rings is 3. The lowest BCUT2D eigenvalue weighted by molar-refractivity contribution is 0.0956. The Morgan fingerprint density at radius 3 is 2.07 bits per heavy atom. The molecule has 0 spiro atoms. The van der Waals surface area contributed by atoms with Gasteiger partial charge in [0.15, 0.2) is 0 Å². The van der Waals surface area contributed by atoms with Crippen LogP contribution in [-0.2, 0) is 17.3 Å². The van der Waals surface area contributed by atoms with Crippen molar-refractivity contribution < 1.29 is 4.79 Å². The van der Waals surface area contributed by atoms with Crippen LogP contribution in [0.3, 0.4) is 0 Å². The second-order valence-corrected chi connectivity index (χ2v) is 9.64. The molecule has 0 unspecified atom stereocenters. The number of hydrogen-bond donors (Lipinski definition) is 1. The van der Waals surface area contributed by atoms with Gasteiger partial charge in [-0.3, -0.25) is 4.79 Å². The maximum atomic E-state index is 12.3. The second kappa shape index (κ2) is 12.3. The average Bonchev–Trinajstić information content (AvgIpc) is 2.77. The van der Waals surface area contributed by atoms with Crippen LogP contribution in [0.5, 0.6) is 0 Å². The Labute approximate surface area is 196 Å². The molecule has 3 rings (SSSR count). The Morgan fingerprint density at radius 1 is 0.733 bits per heavy atom. The molecule has 0 saturated heterocycles. The molecular weight excluding hydrogens is 453 g/mol. The molecule has 0 fully saturated rings. The average molecular weight is 476 g/mol. The first-order chi connectivity index (χ1) is 14.6. The van der Waals surface area contributed by atoms with Crippen LogP contribution in [0.25, 0.3) is 0 Å². The summed E-state index contributed by atoms with van der Waals surface area (Å²) < 4.78 is 0. The first-order valence-electron chi connectivity index (χ1n) is 9.62. The van der Waals surface area contributed by atoms with Gasteiger partial charge in [-0.2, -0.15) is 23.5 Å². The highest BCUT2D eigenvalue weighted by Gasteiger charge is 2.05. The number of hydrogen-bond acceptors (Lipinski definition) is 3. The standard InChI is InChI=1S/C24H23Cl2NOS2/c25-22-11-8-20(14-23(22)26)17-29-13-12-27-24(28)21-9-6-19(7-10-21)16-30-15-18-4-2-1-3-5-18/h1-11,14H,12-13,15-17H2,(H,27,28). The number of amides is 1. The minimum atomic E-state index is -0.0337. The zero-order valence-corrected chi connectivity index (χ0v) is 19.6. The van der Waals surface area contributed by atoms with Crippen LogP contribution in [0.1, 0.15) is 27.0 Å². The van der Waals surface area contributed by atoms with Crippen molar-refractivity contribution in [2.24, 2.45) is 0 Å². The molecule has 30 heavy (non-hydrogen) atoms. The van der Waals surface area contributed by atoms with Gasteiger partial charge in [-0.25, -0.2) is 0 Å². The lowest BCUT2D eigenvalue weighted by Gasteiger charge is -2.07. The number of carbonyl (C=O) groups excluding carboxylic acids is 1. The summed E-state index contributed by atoms with van der Waals surface area (Å²) >= 11 is 15.6. The van der Waals surface area contributed by atoms with E-state index in [0.717, 1.165) is 28.6 Å². The smallest absolute Gasteiger partial charge is 0.251 e. The molecule has 0 saturated carbocycles. The summed E-state index contributed by atoms with van der Waals surface area (Å²) in [6.07, 6.45) is 0. The molecule has 0 aliphatic carbocycles. The van der Waals surface area contributed by atoms with E-state index in [1.807, 2.05) is 60.3 Å². The van der Waals surface area contributed by atoms with Crippen molar-refractivity contribution in [1.29, 1.82) is 0 Å². The van der Waals surface area contributed by atoms with E-state index in [4.69, 9.17) is 23.2 Å². The summed E-state index contributed by atoms with van der Waals surface area (Å²) in [7, 11) is 0. The van der Waals surface area contributed by atoms with Crippen LogP contribution in [0.15, 0.2) is 72.8 Å². The minimum Gasteiger partial charge on any atom is -0.351 e. The van der Waals surface area contributed by atoms with Crippen molar-refractivity contribution >= 4 is 52.6 Å². The molecule has 3 aromatic rings. The molecule has 2 nitrogen and oxygen atoms in total. The number of rotatable bonds is 10. The maximum absolute atomic E-state index is 12.3. The highest BCUT2D eigenvalue weighted by atomic mass is 35.5.